The standard InChI is InChI=1S/C9H19NO3/c1-5(2)4-7(10)8(11)6(3)9(12)13/h5-8,11H,4,10H2,1-3H3,(H,12,13). The van der Waals surface area contributed by atoms with Crippen molar-refractivity contribution in [3.8, 4) is 0 Å². The van der Waals surface area contributed by atoms with E-state index in [0.29, 0.717) is 12.3 Å². The normalized spacial score (nSPS) is 18.3. The molecule has 0 aromatic heterocycles. The zero-order chi connectivity index (χ0) is 10.6. The molecular weight excluding hydrogens is 170 g/mol. The summed E-state index contributed by atoms with van der Waals surface area (Å²) in [5, 5.41) is 18.1. The maximum atomic E-state index is 10.5. The van der Waals surface area contributed by atoms with Crippen molar-refractivity contribution in [1.29, 1.82) is 0 Å². The Morgan fingerprint density at radius 2 is 1.85 bits per heavy atom. The summed E-state index contributed by atoms with van der Waals surface area (Å²) in [6, 6.07) is -0.453. The molecule has 3 atom stereocenters. The van der Waals surface area contributed by atoms with Gasteiger partial charge in [-0.1, -0.05) is 13.8 Å². The zero-order valence-corrected chi connectivity index (χ0v) is 8.40. The number of aliphatic hydroxyl groups is 1. The average Bonchev–Trinajstić information content (AvgIpc) is 2.00. The SMILES string of the molecule is CC(C)CC(N)C(O)C(C)C(=O)O. The minimum atomic E-state index is -1.01. The first kappa shape index (κ1) is 12.4. The van der Waals surface area contributed by atoms with Gasteiger partial charge in [0.15, 0.2) is 0 Å². The molecule has 4 heteroatoms. The third-order valence-corrected chi connectivity index (χ3v) is 2.08. The van der Waals surface area contributed by atoms with Gasteiger partial charge in [-0.3, -0.25) is 4.79 Å². The highest BCUT2D eigenvalue weighted by molar-refractivity contribution is 5.70. The number of carboxylic acid groups (broad SMARTS) is 1. The molecule has 0 aromatic rings. The van der Waals surface area contributed by atoms with Crippen LogP contribution in [0.4, 0.5) is 0 Å². The molecule has 0 spiro atoms. The number of carboxylic acids is 1. The maximum Gasteiger partial charge on any atom is 0.308 e. The fraction of sp³-hybridized carbons (Fsp3) is 0.889. The lowest BCUT2D eigenvalue weighted by molar-refractivity contribution is -0.145. The van der Waals surface area contributed by atoms with Gasteiger partial charge in [0.25, 0.3) is 0 Å². The maximum absolute atomic E-state index is 10.5. The van der Waals surface area contributed by atoms with Crippen LogP contribution in [0.3, 0.4) is 0 Å². The Labute approximate surface area is 78.7 Å². The molecule has 0 aromatic carbocycles. The number of carbonyl (C=O) groups is 1. The molecule has 0 rings (SSSR count). The van der Waals surface area contributed by atoms with Gasteiger partial charge in [-0.25, -0.2) is 0 Å². The van der Waals surface area contributed by atoms with E-state index in [-0.39, 0.29) is 0 Å². The van der Waals surface area contributed by atoms with Gasteiger partial charge in [0.2, 0.25) is 0 Å². The first-order chi connectivity index (χ1) is 5.86. The predicted molar refractivity (Wildman–Crippen MR) is 50.2 cm³/mol. The molecule has 0 saturated heterocycles. The lowest BCUT2D eigenvalue weighted by Crippen LogP contribution is -2.42. The molecule has 4 nitrogen and oxygen atoms in total. The van der Waals surface area contributed by atoms with E-state index in [1.807, 2.05) is 13.8 Å². The molecule has 0 heterocycles. The second-order valence-electron chi connectivity index (χ2n) is 3.91. The molecule has 0 aliphatic carbocycles. The van der Waals surface area contributed by atoms with Crippen LogP contribution in [0.25, 0.3) is 0 Å². The van der Waals surface area contributed by atoms with Crippen LogP contribution in [0.5, 0.6) is 0 Å². The van der Waals surface area contributed by atoms with Crippen LogP contribution < -0.4 is 5.73 Å². The molecule has 78 valence electrons. The van der Waals surface area contributed by atoms with E-state index in [1.54, 1.807) is 0 Å². The molecular formula is C9H19NO3. The fourth-order valence-electron chi connectivity index (χ4n) is 1.20. The Kier molecular flexibility index (Phi) is 4.95. The van der Waals surface area contributed by atoms with Crippen molar-refractivity contribution < 1.29 is 15.0 Å². The van der Waals surface area contributed by atoms with Crippen LogP contribution >= 0.6 is 0 Å². The molecule has 0 bridgehead atoms. The lowest BCUT2D eigenvalue weighted by atomic mass is 9.92. The van der Waals surface area contributed by atoms with E-state index in [4.69, 9.17) is 10.8 Å². The summed E-state index contributed by atoms with van der Waals surface area (Å²) in [5.74, 6) is -1.44. The topological polar surface area (TPSA) is 83.5 Å². The van der Waals surface area contributed by atoms with Crippen LogP contribution in [0.1, 0.15) is 27.2 Å². The summed E-state index contributed by atoms with van der Waals surface area (Å²) >= 11 is 0. The van der Waals surface area contributed by atoms with Crippen LogP contribution in [0, 0.1) is 11.8 Å². The molecule has 13 heavy (non-hydrogen) atoms. The third kappa shape index (κ3) is 4.24. The Morgan fingerprint density at radius 1 is 1.38 bits per heavy atom. The van der Waals surface area contributed by atoms with Crippen molar-refractivity contribution in [2.45, 2.75) is 39.3 Å². The summed E-state index contributed by atoms with van der Waals surface area (Å²) in [6.07, 6.45) is -0.321. The van der Waals surface area contributed by atoms with E-state index in [9.17, 15) is 9.90 Å². The molecule has 0 saturated carbocycles. The molecule has 0 fully saturated rings. The molecule has 0 amide bonds. The Hall–Kier alpha value is -0.610. The van der Waals surface area contributed by atoms with Crippen molar-refractivity contribution >= 4 is 5.97 Å². The van der Waals surface area contributed by atoms with Crippen LogP contribution in [0.2, 0.25) is 0 Å². The van der Waals surface area contributed by atoms with Crippen molar-refractivity contribution in [3.63, 3.8) is 0 Å². The number of rotatable bonds is 5. The summed E-state index contributed by atoms with van der Waals surface area (Å²) in [5.41, 5.74) is 5.64. The molecule has 0 radical (unpaired) electrons. The monoisotopic (exact) mass is 189 g/mol. The van der Waals surface area contributed by atoms with E-state index in [2.05, 4.69) is 0 Å². The number of hydrogen-bond acceptors (Lipinski definition) is 3. The van der Waals surface area contributed by atoms with E-state index < -0.39 is 24.0 Å². The summed E-state index contributed by atoms with van der Waals surface area (Å²) in [6.45, 7) is 5.43. The van der Waals surface area contributed by atoms with Crippen LogP contribution in [-0.2, 0) is 4.79 Å². The van der Waals surface area contributed by atoms with Gasteiger partial charge in [-0.05, 0) is 19.3 Å². The minimum Gasteiger partial charge on any atom is -0.481 e. The molecule has 3 unspecified atom stereocenters. The first-order valence-electron chi connectivity index (χ1n) is 4.52. The van der Waals surface area contributed by atoms with E-state index >= 15 is 0 Å². The highest BCUT2D eigenvalue weighted by atomic mass is 16.4. The molecule has 0 aliphatic rings. The number of aliphatic carboxylic acids is 1. The first-order valence-corrected chi connectivity index (χ1v) is 4.52. The highest BCUT2D eigenvalue weighted by Gasteiger charge is 2.27. The Bertz CT molecular complexity index is 170. The predicted octanol–water partition coefficient (Wildman–Crippen LogP) is 0.441. The number of nitrogens with two attached hydrogens (primary N) is 1. The molecule has 0 aliphatic heterocycles. The van der Waals surface area contributed by atoms with Crippen molar-refractivity contribution in [2.24, 2.45) is 17.6 Å². The van der Waals surface area contributed by atoms with Gasteiger partial charge in [0, 0.05) is 6.04 Å². The van der Waals surface area contributed by atoms with Crippen LogP contribution in [-0.4, -0.2) is 28.3 Å². The summed E-state index contributed by atoms with van der Waals surface area (Å²) in [7, 11) is 0. The fourth-order valence-corrected chi connectivity index (χ4v) is 1.20. The minimum absolute atomic E-state index is 0.366. The highest BCUT2D eigenvalue weighted by Crippen LogP contribution is 2.12. The van der Waals surface area contributed by atoms with Crippen molar-refractivity contribution in [2.75, 3.05) is 0 Å². The van der Waals surface area contributed by atoms with Gasteiger partial charge < -0.3 is 15.9 Å². The third-order valence-electron chi connectivity index (χ3n) is 2.08. The van der Waals surface area contributed by atoms with Gasteiger partial charge in [-0.15, -0.1) is 0 Å². The van der Waals surface area contributed by atoms with Crippen LogP contribution in [0.15, 0.2) is 0 Å². The lowest BCUT2D eigenvalue weighted by Gasteiger charge is -2.23. The summed E-state index contributed by atoms with van der Waals surface area (Å²) in [4.78, 5) is 10.5. The van der Waals surface area contributed by atoms with Crippen molar-refractivity contribution in [1.82, 2.24) is 0 Å². The van der Waals surface area contributed by atoms with Gasteiger partial charge >= 0.3 is 5.97 Å². The van der Waals surface area contributed by atoms with E-state index in [0.717, 1.165) is 0 Å². The van der Waals surface area contributed by atoms with E-state index in [1.165, 1.54) is 6.92 Å². The number of aliphatic hydroxyl groups excluding tert-OH is 1. The Balaban J connectivity index is 4.08. The zero-order valence-electron chi connectivity index (χ0n) is 8.40. The Morgan fingerprint density at radius 3 is 2.15 bits per heavy atom. The largest absolute Gasteiger partial charge is 0.481 e. The average molecular weight is 189 g/mol. The quantitative estimate of drug-likeness (QED) is 0.586. The molecule has 4 N–H and O–H groups in total. The number of hydrogen-bond donors (Lipinski definition) is 3. The van der Waals surface area contributed by atoms with Gasteiger partial charge in [-0.2, -0.15) is 0 Å². The smallest absolute Gasteiger partial charge is 0.308 e. The van der Waals surface area contributed by atoms with Gasteiger partial charge in [0.1, 0.15) is 0 Å². The second kappa shape index (κ2) is 5.19. The second-order valence-corrected chi connectivity index (χ2v) is 3.91. The van der Waals surface area contributed by atoms with Crippen molar-refractivity contribution in [3.05, 3.63) is 0 Å². The van der Waals surface area contributed by atoms with Gasteiger partial charge in [0.05, 0.1) is 12.0 Å². The summed E-state index contributed by atoms with van der Waals surface area (Å²) < 4.78 is 0.